The molecule has 3 rings (SSSR count). The summed E-state index contributed by atoms with van der Waals surface area (Å²) in [5, 5.41) is 2.39. The lowest BCUT2D eigenvalue weighted by Gasteiger charge is -2.24. The topological polar surface area (TPSA) is 75.7 Å². The number of carbonyl (C=O) groups is 1. The van der Waals surface area contributed by atoms with Gasteiger partial charge in [0.05, 0.1) is 22.8 Å². The van der Waals surface area contributed by atoms with Gasteiger partial charge in [0.15, 0.2) is 0 Å². The third-order valence-electron chi connectivity index (χ3n) is 4.62. The smallest absolute Gasteiger partial charge is 0.416 e. The summed E-state index contributed by atoms with van der Waals surface area (Å²) in [4.78, 5) is 12.4. The van der Waals surface area contributed by atoms with Crippen LogP contribution in [0.5, 0.6) is 5.75 Å². The van der Waals surface area contributed by atoms with Crippen molar-refractivity contribution in [3.63, 3.8) is 0 Å². The Balaban J connectivity index is 1.88. The zero-order valence-electron chi connectivity index (χ0n) is 17.8. The van der Waals surface area contributed by atoms with Crippen molar-refractivity contribution in [2.75, 3.05) is 22.8 Å². The van der Waals surface area contributed by atoms with Crippen LogP contribution in [0.1, 0.15) is 12.5 Å². The van der Waals surface area contributed by atoms with E-state index in [9.17, 15) is 30.8 Å². The van der Waals surface area contributed by atoms with Gasteiger partial charge < -0.3 is 10.1 Å². The average molecular weight is 496 g/mol. The highest BCUT2D eigenvalue weighted by Gasteiger charge is 2.30. The molecule has 0 unspecified atom stereocenters. The van der Waals surface area contributed by atoms with Crippen molar-refractivity contribution < 1.29 is 35.5 Å². The predicted molar refractivity (Wildman–Crippen MR) is 119 cm³/mol. The molecule has 11 heteroatoms. The molecule has 0 radical (unpaired) electrons. The monoisotopic (exact) mass is 496 g/mol. The second kappa shape index (κ2) is 10.1. The van der Waals surface area contributed by atoms with Crippen LogP contribution in [0.3, 0.4) is 0 Å². The van der Waals surface area contributed by atoms with Crippen molar-refractivity contribution in [3.8, 4) is 5.75 Å². The Hall–Kier alpha value is -3.60. The zero-order chi connectivity index (χ0) is 24.9. The van der Waals surface area contributed by atoms with Crippen LogP contribution in [0.25, 0.3) is 0 Å². The van der Waals surface area contributed by atoms with Gasteiger partial charge in [-0.15, -0.1) is 0 Å². The number of ether oxygens (including phenoxy) is 1. The summed E-state index contributed by atoms with van der Waals surface area (Å²) in [6, 6.07) is 13.8. The Bertz CT molecular complexity index is 1230. The van der Waals surface area contributed by atoms with Crippen molar-refractivity contribution in [2.45, 2.75) is 18.0 Å². The minimum atomic E-state index is -4.53. The van der Waals surface area contributed by atoms with Crippen LogP contribution < -0.4 is 14.4 Å². The van der Waals surface area contributed by atoms with E-state index < -0.39 is 40.0 Å². The maximum absolute atomic E-state index is 13.3. The maximum Gasteiger partial charge on any atom is 0.416 e. The number of nitrogens with zero attached hydrogens (tertiary/aromatic N) is 1. The predicted octanol–water partition coefficient (Wildman–Crippen LogP) is 5.08. The van der Waals surface area contributed by atoms with Crippen LogP contribution in [0.4, 0.5) is 28.9 Å². The number of anilines is 2. The van der Waals surface area contributed by atoms with Gasteiger partial charge in [-0.05, 0) is 79.7 Å². The van der Waals surface area contributed by atoms with Crippen LogP contribution >= 0.6 is 0 Å². The highest BCUT2D eigenvalue weighted by Crippen LogP contribution is 2.30. The number of rotatable bonds is 8. The summed E-state index contributed by atoms with van der Waals surface area (Å²) < 4.78 is 84.2. The van der Waals surface area contributed by atoms with Crippen molar-refractivity contribution in [1.29, 1.82) is 0 Å². The van der Waals surface area contributed by atoms with E-state index >= 15 is 0 Å². The lowest BCUT2D eigenvalue weighted by atomic mass is 10.2. The molecule has 3 aromatic rings. The van der Waals surface area contributed by atoms with E-state index in [0.29, 0.717) is 12.4 Å². The Morgan fingerprint density at radius 1 is 0.941 bits per heavy atom. The molecule has 0 aromatic heterocycles. The normalized spacial score (nSPS) is 11.7. The van der Waals surface area contributed by atoms with Gasteiger partial charge in [0, 0.05) is 5.69 Å². The van der Waals surface area contributed by atoms with Gasteiger partial charge in [-0.3, -0.25) is 9.10 Å². The van der Waals surface area contributed by atoms with Gasteiger partial charge >= 0.3 is 6.18 Å². The molecule has 0 atom stereocenters. The molecule has 0 bridgehead atoms. The molecule has 0 aliphatic carbocycles. The number of carbonyl (C=O) groups excluding carboxylic acids is 1. The quantitative estimate of drug-likeness (QED) is 0.442. The number of benzene rings is 3. The SMILES string of the molecule is CCOc1ccc(N(CC(=O)Nc2ccc(C(F)(F)F)cc2)S(=O)(=O)c2ccc(F)cc2)cc1. The zero-order valence-corrected chi connectivity index (χ0v) is 18.7. The molecule has 3 aromatic carbocycles. The molecule has 1 N–H and O–H groups in total. The standard InChI is InChI=1S/C23H20F4N2O4S/c1-2-33-20-11-9-19(10-12-20)29(34(31,32)21-13-5-17(24)6-14-21)15-22(30)28-18-7-3-16(4-8-18)23(25,26)27/h3-14H,2,15H2,1H3,(H,28,30). The average Bonchev–Trinajstić information content (AvgIpc) is 2.78. The van der Waals surface area contributed by atoms with Gasteiger partial charge in [-0.2, -0.15) is 13.2 Å². The molecule has 180 valence electrons. The fraction of sp³-hybridized carbons (Fsp3) is 0.174. The number of sulfonamides is 1. The Morgan fingerprint density at radius 3 is 2.06 bits per heavy atom. The van der Waals surface area contributed by atoms with Crippen molar-refractivity contribution in [3.05, 3.63) is 84.2 Å². The summed E-state index contributed by atoms with van der Waals surface area (Å²) in [5.74, 6) is -0.939. The Kier molecular flexibility index (Phi) is 7.45. The van der Waals surface area contributed by atoms with Crippen LogP contribution in [-0.2, 0) is 21.0 Å². The van der Waals surface area contributed by atoms with Crippen LogP contribution in [0, 0.1) is 5.82 Å². The van der Waals surface area contributed by atoms with E-state index in [1.165, 1.54) is 24.3 Å². The minimum Gasteiger partial charge on any atom is -0.494 e. The van der Waals surface area contributed by atoms with Gasteiger partial charge in [0.2, 0.25) is 5.91 Å². The third-order valence-corrected chi connectivity index (χ3v) is 6.41. The van der Waals surface area contributed by atoms with Gasteiger partial charge in [-0.1, -0.05) is 0 Å². The third kappa shape index (κ3) is 6.04. The Labute approximate surface area is 193 Å². The summed E-state index contributed by atoms with van der Waals surface area (Å²) in [6.45, 7) is 1.49. The molecule has 0 spiro atoms. The van der Waals surface area contributed by atoms with Gasteiger partial charge in [0.1, 0.15) is 18.1 Å². The van der Waals surface area contributed by atoms with Gasteiger partial charge in [-0.25, -0.2) is 12.8 Å². The van der Waals surface area contributed by atoms with Crippen LogP contribution in [0.2, 0.25) is 0 Å². The molecule has 0 aliphatic heterocycles. The minimum absolute atomic E-state index is 0.0591. The number of hydrogen-bond acceptors (Lipinski definition) is 4. The summed E-state index contributed by atoms with van der Waals surface area (Å²) in [6.07, 6.45) is -4.53. The summed E-state index contributed by atoms with van der Waals surface area (Å²) >= 11 is 0. The molecule has 6 nitrogen and oxygen atoms in total. The number of hydrogen-bond donors (Lipinski definition) is 1. The number of amides is 1. The second-order valence-corrected chi connectivity index (χ2v) is 8.88. The molecular weight excluding hydrogens is 476 g/mol. The highest BCUT2D eigenvalue weighted by atomic mass is 32.2. The first-order chi connectivity index (χ1) is 16.0. The number of alkyl halides is 3. The molecule has 0 fully saturated rings. The molecule has 1 amide bonds. The number of halogens is 4. The molecular formula is C23H20F4N2O4S. The van der Waals surface area contributed by atoms with Crippen LogP contribution in [0.15, 0.2) is 77.7 Å². The highest BCUT2D eigenvalue weighted by molar-refractivity contribution is 7.92. The second-order valence-electron chi connectivity index (χ2n) is 7.02. The largest absolute Gasteiger partial charge is 0.494 e. The summed E-state index contributed by atoms with van der Waals surface area (Å²) in [7, 11) is -4.29. The first kappa shape index (κ1) is 25.0. The van der Waals surface area contributed by atoms with Crippen LogP contribution in [-0.4, -0.2) is 27.5 Å². The van der Waals surface area contributed by atoms with Gasteiger partial charge in [0.25, 0.3) is 10.0 Å². The fourth-order valence-corrected chi connectivity index (χ4v) is 4.42. The molecule has 0 saturated carbocycles. The van der Waals surface area contributed by atoms with E-state index in [-0.39, 0.29) is 16.3 Å². The fourth-order valence-electron chi connectivity index (χ4n) is 3.00. The lowest BCUT2D eigenvalue weighted by Crippen LogP contribution is -2.38. The van der Waals surface area contributed by atoms with Crippen molar-refractivity contribution in [1.82, 2.24) is 0 Å². The lowest BCUT2D eigenvalue weighted by molar-refractivity contribution is -0.137. The maximum atomic E-state index is 13.3. The van der Waals surface area contributed by atoms with Crippen molar-refractivity contribution in [2.24, 2.45) is 0 Å². The van der Waals surface area contributed by atoms with E-state index in [2.05, 4.69) is 5.32 Å². The van der Waals surface area contributed by atoms with E-state index in [4.69, 9.17) is 4.74 Å². The molecule has 0 heterocycles. The summed E-state index contributed by atoms with van der Waals surface area (Å²) in [5.41, 5.74) is -0.695. The molecule has 0 aliphatic rings. The van der Waals surface area contributed by atoms with E-state index in [1.54, 1.807) is 6.92 Å². The van der Waals surface area contributed by atoms with Crippen molar-refractivity contribution >= 4 is 27.3 Å². The molecule has 34 heavy (non-hydrogen) atoms. The van der Waals surface area contributed by atoms with E-state index in [1.807, 2.05) is 0 Å². The first-order valence-corrected chi connectivity index (χ1v) is 11.4. The van der Waals surface area contributed by atoms with E-state index in [0.717, 1.165) is 52.8 Å². The number of nitrogens with one attached hydrogen (secondary N) is 1. The first-order valence-electron chi connectivity index (χ1n) is 9.99. The molecule has 0 saturated heterocycles. The Morgan fingerprint density at radius 2 is 1.53 bits per heavy atom.